The second kappa shape index (κ2) is 12.1. The maximum Gasteiger partial charge on any atom is 0.321 e. The fraction of sp³-hybridized carbons (Fsp3) is 0.310. The van der Waals surface area contributed by atoms with E-state index in [2.05, 4.69) is 10.6 Å². The van der Waals surface area contributed by atoms with Crippen molar-refractivity contribution in [2.45, 2.75) is 32.2 Å². The van der Waals surface area contributed by atoms with Crippen molar-refractivity contribution in [2.75, 3.05) is 32.1 Å². The average Bonchev–Trinajstić information content (AvgIpc) is 2.93. The third-order valence-electron chi connectivity index (χ3n) is 6.38. The summed E-state index contributed by atoms with van der Waals surface area (Å²) < 4.78 is 10.8. The first-order valence-electron chi connectivity index (χ1n) is 12.4. The van der Waals surface area contributed by atoms with Crippen molar-refractivity contribution < 1.29 is 19.1 Å². The van der Waals surface area contributed by atoms with Crippen molar-refractivity contribution in [3.05, 3.63) is 89.5 Å². The number of benzene rings is 3. The first kappa shape index (κ1) is 25.1. The minimum absolute atomic E-state index is 0.116. The van der Waals surface area contributed by atoms with Gasteiger partial charge in [0.2, 0.25) is 0 Å². The summed E-state index contributed by atoms with van der Waals surface area (Å²) in [7, 11) is 1.62. The molecule has 7 nitrogen and oxygen atoms in total. The Kier molecular flexibility index (Phi) is 8.44. The Morgan fingerprint density at radius 3 is 2.61 bits per heavy atom. The highest BCUT2D eigenvalue weighted by Gasteiger charge is 2.25. The SMILES string of the molecule is CCOc1ccc(NC(=O)N2CCCC(c3cccc(C(=O)NCc4ccccc4OC)c3)C2)cc1. The Hall–Kier alpha value is -4.00. The van der Waals surface area contributed by atoms with E-state index in [0.29, 0.717) is 31.8 Å². The monoisotopic (exact) mass is 487 g/mol. The van der Waals surface area contributed by atoms with Gasteiger partial charge in [0.1, 0.15) is 11.5 Å². The number of anilines is 1. The van der Waals surface area contributed by atoms with Crippen LogP contribution in [0.2, 0.25) is 0 Å². The molecule has 3 aromatic rings. The molecular formula is C29H33N3O4. The van der Waals surface area contributed by atoms with Gasteiger partial charge in [-0.2, -0.15) is 0 Å². The molecule has 0 aliphatic carbocycles. The molecule has 1 aliphatic rings. The van der Waals surface area contributed by atoms with Crippen LogP contribution >= 0.6 is 0 Å². The van der Waals surface area contributed by atoms with Crippen molar-refractivity contribution in [1.29, 1.82) is 0 Å². The number of hydrogen-bond acceptors (Lipinski definition) is 4. The zero-order valence-corrected chi connectivity index (χ0v) is 20.8. The number of nitrogens with zero attached hydrogens (tertiary/aromatic N) is 1. The van der Waals surface area contributed by atoms with Gasteiger partial charge >= 0.3 is 6.03 Å². The van der Waals surface area contributed by atoms with E-state index in [1.54, 1.807) is 7.11 Å². The molecule has 0 radical (unpaired) electrons. The van der Waals surface area contributed by atoms with E-state index >= 15 is 0 Å². The molecule has 3 amide bonds. The molecule has 1 fully saturated rings. The quantitative estimate of drug-likeness (QED) is 0.444. The van der Waals surface area contributed by atoms with Gasteiger partial charge in [0, 0.05) is 42.4 Å². The number of methoxy groups -OCH3 is 1. The summed E-state index contributed by atoms with van der Waals surface area (Å²) in [5, 5.41) is 5.97. The molecule has 0 spiro atoms. The Morgan fingerprint density at radius 2 is 1.83 bits per heavy atom. The van der Waals surface area contributed by atoms with Gasteiger partial charge in [0.15, 0.2) is 0 Å². The highest BCUT2D eigenvalue weighted by atomic mass is 16.5. The summed E-state index contributed by atoms with van der Waals surface area (Å²) in [4.78, 5) is 27.6. The van der Waals surface area contributed by atoms with Crippen molar-refractivity contribution in [3.63, 3.8) is 0 Å². The van der Waals surface area contributed by atoms with Crippen LogP contribution in [0.1, 0.15) is 47.2 Å². The summed E-state index contributed by atoms with van der Waals surface area (Å²) in [6.07, 6.45) is 1.88. The largest absolute Gasteiger partial charge is 0.496 e. The summed E-state index contributed by atoms with van der Waals surface area (Å²) in [6.45, 7) is 4.24. The van der Waals surface area contributed by atoms with Crippen LogP contribution in [0, 0.1) is 0 Å². The molecule has 1 heterocycles. The molecule has 0 bridgehead atoms. The number of piperidine rings is 1. The number of likely N-dealkylation sites (tertiary alicyclic amines) is 1. The van der Waals surface area contributed by atoms with Crippen LogP contribution in [0.5, 0.6) is 11.5 Å². The molecule has 1 saturated heterocycles. The van der Waals surface area contributed by atoms with Gasteiger partial charge in [0.05, 0.1) is 13.7 Å². The molecule has 36 heavy (non-hydrogen) atoms. The highest BCUT2D eigenvalue weighted by Crippen LogP contribution is 2.28. The first-order chi connectivity index (χ1) is 17.6. The Labute approximate surface area is 212 Å². The number of amides is 3. The Balaban J connectivity index is 1.36. The topological polar surface area (TPSA) is 79.9 Å². The molecule has 188 valence electrons. The first-order valence-corrected chi connectivity index (χ1v) is 12.4. The maximum atomic E-state index is 12.9. The molecule has 7 heteroatoms. The van der Waals surface area contributed by atoms with Crippen LogP contribution in [0.25, 0.3) is 0 Å². The summed E-state index contributed by atoms with van der Waals surface area (Å²) >= 11 is 0. The summed E-state index contributed by atoms with van der Waals surface area (Å²) in [6, 6.07) is 22.6. The van der Waals surface area contributed by atoms with E-state index in [9.17, 15) is 9.59 Å². The van der Waals surface area contributed by atoms with Gasteiger partial charge in [-0.3, -0.25) is 4.79 Å². The minimum atomic E-state index is -0.135. The van der Waals surface area contributed by atoms with E-state index in [4.69, 9.17) is 9.47 Å². The van der Waals surface area contributed by atoms with Crippen LogP contribution < -0.4 is 20.1 Å². The van der Waals surface area contributed by atoms with Crippen LogP contribution in [0.4, 0.5) is 10.5 Å². The third kappa shape index (κ3) is 6.36. The number of carbonyl (C=O) groups is 2. The normalized spacial score (nSPS) is 15.2. The van der Waals surface area contributed by atoms with Gasteiger partial charge in [-0.05, 0) is 67.8 Å². The lowest BCUT2D eigenvalue weighted by Crippen LogP contribution is -2.41. The average molecular weight is 488 g/mol. The lowest BCUT2D eigenvalue weighted by molar-refractivity contribution is 0.0950. The molecule has 4 rings (SSSR count). The second-order valence-corrected chi connectivity index (χ2v) is 8.79. The van der Waals surface area contributed by atoms with E-state index < -0.39 is 0 Å². The lowest BCUT2D eigenvalue weighted by Gasteiger charge is -2.33. The number of urea groups is 1. The Morgan fingerprint density at radius 1 is 1.03 bits per heavy atom. The van der Waals surface area contributed by atoms with Crippen LogP contribution in [0.15, 0.2) is 72.8 Å². The van der Waals surface area contributed by atoms with Gasteiger partial charge < -0.3 is 25.0 Å². The number of nitrogens with one attached hydrogen (secondary N) is 2. The zero-order chi connectivity index (χ0) is 25.3. The molecule has 2 N–H and O–H groups in total. The van der Waals surface area contributed by atoms with E-state index in [-0.39, 0.29) is 17.9 Å². The molecule has 3 aromatic carbocycles. The van der Waals surface area contributed by atoms with Crippen molar-refractivity contribution in [1.82, 2.24) is 10.2 Å². The second-order valence-electron chi connectivity index (χ2n) is 8.79. The fourth-order valence-corrected chi connectivity index (χ4v) is 4.50. The molecule has 0 saturated carbocycles. The van der Waals surface area contributed by atoms with Gasteiger partial charge in [-0.1, -0.05) is 30.3 Å². The standard InChI is InChI=1S/C29H33N3O4/c1-3-36-26-15-13-25(14-16-26)31-29(34)32-17-7-11-24(20-32)21-9-6-10-22(18-21)28(33)30-19-23-8-4-5-12-27(23)35-2/h4-6,8-10,12-16,18,24H,3,7,11,17,19-20H2,1-2H3,(H,30,33)(H,31,34). The van der Waals surface area contributed by atoms with E-state index in [1.165, 1.54) is 0 Å². The number of hydrogen-bond donors (Lipinski definition) is 2. The fourth-order valence-electron chi connectivity index (χ4n) is 4.50. The van der Waals surface area contributed by atoms with Crippen molar-refractivity contribution >= 4 is 17.6 Å². The van der Waals surface area contributed by atoms with Crippen LogP contribution in [-0.2, 0) is 6.54 Å². The van der Waals surface area contributed by atoms with Gasteiger partial charge in [-0.15, -0.1) is 0 Å². The zero-order valence-electron chi connectivity index (χ0n) is 20.8. The molecule has 1 unspecified atom stereocenters. The van der Waals surface area contributed by atoms with Crippen molar-refractivity contribution in [3.8, 4) is 11.5 Å². The third-order valence-corrected chi connectivity index (χ3v) is 6.38. The van der Waals surface area contributed by atoms with E-state index in [0.717, 1.165) is 41.2 Å². The van der Waals surface area contributed by atoms with Crippen molar-refractivity contribution in [2.24, 2.45) is 0 Å². The predicted octanol–water partition coefficient (Wildman–Crippen LogP) is 5.44. The molecular weight excluding hydrogens is 454 g/mol. The minimum Gasteiger partial charge on any atom is -0.496 e. The van der Waals surface area contributed by atoms with Crippen LogP contribution in [0.3, 0.4) is 0 Å². The number of carbonyl (C=O) groups excluding carboxylic acids is 2. The smallest absolute Gasteiger partial charge is 0.321 e. The van der Waals surface area contributed by atoms with Crippen LogP contribution in [-0.4, -0.2) is 43.6 Å². The summed E-state index contributed by atoms with van der Waals surface area (Å²) in [5.74, 6) is 1.56. The number of ether oxygens (including phenoxy) is 2. The maximum absolute atomic E-state index is 12.9. The van der Waals surface area contributed by atoms with E-state index in [1.807, 2.05) is 84.6 Å². The highest BCUT2D eigenvalue weighted by molar-refractivity contribution is 5.94. The molecule has 0 aromatic heterocycles. The molecule has 1 atom stereocenters. The Bertz CT molecular complexity index is 1180. The predicted molar refractivity (Wildman–Crippen MR) is 141 cm³/mol. The summed E-state index contributed by atoms with van der Waals surface area (Å²) in [5.41, 5.74) is 3.34. The lowest BCUT2D eigenvalue weighted by atomic mass is 9.89. The van der Waals surface area contributed by atoms with Gasteiger partial charge in [-0.25, -0.2) is 4.79 Å². The number of rotatable bonds is 8. The number of para-hydroxylation sites is 1. The molecule has 1 aliphatic heterocycles. The van der Waals surface area contributed by atoms with Gasteiger partial charge in [0.25, 0.3) is 5.91 Å².